The summed E-state index contributed by atoms with van der Waals surface area (Å²) in [6.45, 7) is 1.82. The molecule has 0 saturated carbocycles. The van der Waals surface area contributed by atoms with Gasteiger partial charge in [-0.3, -0.25) is 9.78 Å². The molecule has 0 amide bonds. The lowest BCUT2D eigenvalue weighted by molar-refractivity contribution is 0.0989. The average Bonchev–Trinajstić information content (AvgIpc) is 2.83. The fraction of sp³-hybridized carbons (Fsp3) is 0.250. The third-order valence-electron chi connectivity index (χ3n) is 2.27. The van der Waals surface area contributed by atoms with Crippen molar-refractivity contribution in [2.45, 2.75) is 13.3 Å². The van der Waals surface area contributed by atoms with Crippen molar-refractivity contribution in [1.29, 1.82) is 0 Å². The van der Waals surface area contributed by atoms with Crippen LogP contribution in [0, 0.1) is 0 Å². The van der Waals surface area contributed by atoms with Crippen LogP contribution in [0.15, 0.2) is 24.5 Å². The van der Waals surface area contributed by atoms with E-state index in [2.05, 4.69) is 9.97 Å². The van der Waals surface area contributed by atoms with Crippen LogP contribution in [0.1, 0.15) is 23.0 Å². The first-order chi connectivity index (χ1) is 8.26. The molecule has 2 rings (SSSR count). The van der Waals surface area contributed by atoms with Crippen molar-refractivity contribution in [3.63, 3.8) is 0 Å². The van der Waals surface area contributed by atoms with E-state index in [-0.39, 0.29) is 5.78 Å². The Morgan fingerprint density at radius 3 is 2.94 bits per heavy atom. The van der Waals surface area contributed by atoms with E-state index in [1.54, 1.807) is 12.4 Å². The Labute approximate surface area is 103 Å². The standard InChI is InChI=1S/C12H12N2O2S/c1-3-9(15)10-11(16-2)14-12(17-10)8-5-4-6-13-7-8/h4-7H,3H2,1-2H3. The van der Waals surface area contributed by atoms with Gasteiger partial charge in [0.1, 0.15) is 9.88 Å². The predicted octanol–water partition coefficient (Wildman–Crippen LogP) is 2.81. The number of rotatable bonds is 4. The summed E-state index contributed by atoms with van der Waals surface area (Å²) >= 11 is 1.34. The number of ketones is 1. The van der Waals surface area contributed by atoms with Gasteiger partial charge in [0.2, 0.25) is 5.88 Å². The molecule has 2 aromatic rings. The molecule has 0 aliphatic carbocycles. The van der Waals surface area contributed by atoms with E-state index in [0.29, 0.717) is 17.2 Å². The second kappa shape index (κ2) is 5.05. The molecule has 0 atom stereocenters. The van der Waals surface area contributed by atoms with Gasteiger partial charge in [0.25, 0.3) is 0 Å². The summed E-state index contributed by atoms with van der Waals surface area (Å²) in [5.74, 6) is 0.454. The largest absolute Gasteiger partial charge is 0.480 e. The quantitative estimate of drug-likeness (QED) is 0.781. The molecule has 0 bridgehead atoms. The highest BCUT2D eigenvalue weighted by Gasteiger charge is 2.18. The Balaban J connectivity index is 2.45. The predicted molar refractivity (Wildman–Crippen MR) is 66.5 cm³/mol. The van der Waals surface area contributed by atoms with Crippen molar-refractivity contribution in [2.24, 2.45) is 0 Å². The number of hydrogen-bond acceptors (Lipinski definition) is 5. The molecule has 0 N–H and O–H groups in total. The molecule has 4 nitrogen and oxygen atoms in total. The fourth-order valence-corrected chi connectivity index (χ4v) is 2.43. The third kappa shape index (κ3) is 2.34. The SMILES string of the molecule is CCC(=O)c1sc(-c2cccnc2)nc1OC. The van der Waals surface area contributed by atoms with Gasteiger partial charge in [-0.2, -0.15) is 0 Å². The van der Waals surface area contributed by atoms with Crippen LogP contribution < -0.4 is 4.74 Å². The van der Waals surface area contributed by atoms with Crippen molar-refractivity contribution in [3.8, 4) is 16.5 Å². The van der Waals surface area contributed by atoms with Crippen LogP contribution in [0.5, 0.6) is 5.88 Å². The summed E-state index contributed by atoms with van der Waals surface area (Å²) in [4.78, 5) is 20.6. The highest BCUT2D eigenvalue weighted by molar-refractivity contribution is 7.17. The lowest BCUT2D eigenvalue weighted by Crippen LogP contribution is -1.96. The summed E-state index contributed by atoms with van der Waals surface area (Å²) in [7, 11) is 1.52. The summed E-state index contributed by atoms with van der Waals surface area (Å²) in [5.41, 5.74) is 0.894. The van der Waals surface area contributed by atoms with E-state index in [1.165, 1.54) is 18.4 Å². The van der Waals surface area contributed by atoms with Crippen LogP contribution in [0.3, 0.4) is 0 Å². The van der Waals surface area contributed by atoms with Crippen LogP contribution in [-0.4, -0.2) is 22.9 Å². The fourth-order valence-electron chi connectivity index (χ4n) is 1.39. The number of carbonyl (C=O) groups excluding carboxylic acids is 1. The molecule has 0 aliphatic heterocycles. The van der Waals surface area contributed by atoms with Crippen LogP contribution in [-0.2, 0) is 0 Å². The molecular formula is C12H12N2O2S. The lowest BCUT2D eigenvalue weighted by atomic mass is 10.3. The molecule has 0 aromatic carbocycles. The maximum Gasteiger partial charge on any atom is 0.236 e. The minimum absolute atomic E-state index is 0.0505. The third-order valence-corrected chi connectivity index (χ3v) is 3.40. The van der Waals surface area contributed by atoms with Crippen LogP contribution in [0.4, 0.5) is 0 Å². The second-order valence-corrected chi connectivity index (χ2v) is 4.37. The maximum atomic E-state index is 11.7. The first-order valence-corrected chi connectivity index (χ1v) is 6.06. The maximum absolute atomic E-state index is 11.7. The van der Waals surface area contributed by atoms with Gasteiger partial charge in [0.05, 0.1) is 7.11 Å². The van der Waals surface area contributed by atoms with Gasteiger partial charge in [-0.1, -0.05) is 6.92 Å². The molecule has 2 heterocycles. The molecule has 0 spiro atoms. The minimum Gasteiger partial charge on any atom is -0.480 e. The summed E-state index contributed by atoms with van der Waals surface area (Å²) in [6.07, 6.45) is 3.87. The first kappa shape index (κ1) is 11.7. The average molecular weight is 248 g/mol. The molecule has 17 heavy (non-hydrogen) atoms. The number of ether oxygens (including phenoxy) is 1. The van der Waals surface area contributed by atoms with Crippen LogP contribution in [0.2, 0.25) is 0 Å². The summed E-state index contributed by atoms with van der Waals surface area (Å²) in [6, 6.07) is 3.75. The van der Waals surface area contributed by atoms with Crippen molar-refractivity contribution in [1.82, 2.24) is 9.97 Å². The Morgan fingerprint density at radius 2 is 2.35 bits per heavy atom. The number of thiazole rings is 1. The van der Waals surface area contributed by atoms with Crippen molar-refractivity contribution < 1.29 is 9.53 Å². The molecule has 0 radical (unpaired) electrons. The van der Waals surface area contributed by atoms with E-state index in [1.807, 2.05) is 19.1 Å². The lowest BCUT2D eigenvalue weighted by Gasteiger charge is -1.95. The molecule has 5 heteroatoms. The van der Waals surface area contributed by atoms with E-state index < -0.39 is 0 Å². The van der Waals surface area contributed by atoms with E-state index in [0.717, 1.165) is 10.6 Å². The highest BCUT2D eigenvalue weighted by Crippen LogP contribution is 2.32. The smallest absolute Gasteiger partial charge is 0.236 e. The van der Waals surface area contributed by atoms with E-state index in [9.17, 15) is 4.79 Å². The van der Waals surface area contributed by atoms with Gasteiger partial charge in [-0.05, 0) is 12.1 Å². The zero-order valence-corrected chi connectivity index (χ0v) is 10.5. The van der Waals surface area contributed by atoms with Gasteiger partial charge < -0.3 is 4.74 Å². The highest BCUT2D eigenvalue weighted by atomic mass is 32.1. The summed E-state index contributed by atoms with van der Waals surface area (Å²) < 4.78 is 5.13. The van der Waals surface area contributed by atoms with Gasteiger partial charge in [-0.15, -0.1) is 11.3 Å². The van der Waals surface area contributed by atoms with Gasteiger partial charge in [-0.25, -0.2) is 4.98 Å². The minimum atomic E-state index is 0.0505. The number of carbonyl (C=O) groups is 1. The zero-order valence-electron chi connectivity index (χ0n) is 9.64. The Kier molecular flexibility index (Phi) is 3.49. The molecule has 0 fully saturated rings. The number of nitrogens with zero attached hydrogens (tertiary/aromatic N) is 2. The molecule has 2 aromatic heterocycles. The normalized spacial score (nSPS) is 10.2. The van der Waals surface area contributed by atoms with Gasteiger partial charge in [0, 0.05) is 24.4 Å². The molecule has 0 aliphatic rings. The van der Waals surface area contributed by atoms with E-state index in [4.69, 9.17) is 4.74 Å². The molecule has 0 saturated heterocycles. The zero-order chi connectivity index (χ0) is 12.3. The van der Waals surface area contributed by atoms with Gasteiger partial charge in [0.15, 0.2) is 5.78 Å². The number of methoxy groups -OCH3 is 1. The monoisotopic (exact) mass is 248 g/mol. The molecule has 88 valence electrons. The Morgan fingerprint density at radius 1 is 1.53 bits per heavy atom. The molecular weight excluding hydrogens is 236 g/mol. The first-order valence-electron chi connectivity index (χ1n) is 5.24. The van der Waals surface area contributed by atoms with Crippen molar-refractivity contribution in [2.75, 3.05) is 7.11 Å². The van der Waals surface area contributed by atoms with Gasteiger partial charge >= 0.3 is 0 Å². The van der Waals surface area contributed by atoms with Crippen LogP contribution in [0.25, 0.3) is 10.6 Å². The summed E-state index contributed by atoms with van der Waals surface area (Å²) in [5, 5.41) is 0.756. The molecule has 0 unspecified atom stereocenters. The van der Waals surface area contributed by atoms with Crippen molar-refractivity contribution >= 4 is 17.1 Å². The second-order valence-electron chi connectivity index (χ2n) is 3.38. The Bertz CT molecular complexity index is 523. The number of Topliss-reactive ketones (excluding diaryl/α,β-unsaturated/α-hetero) is 1. The van der Waals surface area contributed by atoms with Crippen molar-refractivity contribution in [3.05, 3.63) is 29.4 Å². The Hall–Kier alpha value is -1.75. The number of hydrogen-bond donors (Lipinski definition) is 0. The van der Waals surface area contributed by atoms with Crippen LogP contribution >= 0.6 is 11.3 Å². The number of aromatic nitrogens is 2. The van der Waals surface area contributed by atoms with E-state index >= 15 is 0 Å². The number of pyridine rings is 1. The topological polar surface area (TPSA) is 52.1 Å².